The van der Waals surface area contributed by atoms with E-state index in [-0.39, 0.29) is 6.04 Å². The number of hydrogen-bond acceptors (Lipinski definition) is 5. The van der Waals surface area contributed by atoms with E-state index in [0.29, 0.717) is 15.7 Å². The zero-order valence-electron chi connectivity index (χ0n) is 12.3. The van der Waals surface area contributed by atoms with Gasteiger partial charge in [0.2, 0.25) is 0 Å². The summed E-state index contributed by atoms with van der Waals surface area (Å²) in [5.41, 5.74) is 4.31. The summed E-state index contributed by atoms with van der Waals surface area (Å²) in [7, 11) is 0. The van der Waals surface area contributed by atoms with Crippen molar-refractivity contribution in [3.63, 3.8) is 0 Å². The topological polar surface area (TPSA) is 50.9 Å². The van der Waals surface area contributed by atoms with Crippen LogP contribution in [-0.2, 0) is 0 Å². The predicted octanol–water partition coefficient (Wildman–Crippen LogP) is 3.36. The fraction of sp³-hybridized carbons (Fsp3) is 0.438. The highest BCUT2D eigenvalue weighted by Gasteiger charge is 2.32. The molecule has 4 unspecified atom stereocenters. The van der Waals surface area contributed by atoms with Crippen molar-refractivity contribution < 1.29 is 0 Å². The molecule has 4 atom stereocenters. The Kier molecular flexibility index (Phi) is 4.74. The zero-order chi connectivity index (χ0) is 14.8. The third kappa shape index (κ3) is 3.06. The van der Waals surface area contributed by atoms with Crippen LogP contribution in [0.5, 0.6) is 0 Å². The molecule has 5 heteroatoms. The van der Waals surface area contributed by atoms with E-state index in [9.17, 15) is 0 Å². The number of rotatable bonds is 3. The Morgan fingerprint density at radius 3 is 2.90 bits per heavy atom. The van der Waals surface area contributed by atoms with Crippen molar-refractivity contribution >= 4 is 34.3 Å². The highest BCUT2D eigenvalue weighted by atomic mass is 32.2. The number of nitrogens with two attached hydrogens (primary N) is 1. The van der Waals surface area contributed by atoms with Gasteiger partial charge in [-0.25, -0.2) is 0 Å². The summed E-state index contributed by atoms with van der Waals surface area (Å²) in [5, 5.41) is 4.26. The van der Waals surface area contributed by atoms with Crippen LogP contribution in [0.3, 0.4) is 0 Å². The van der Waals surface area contributed by atoms with Crippen molar-refractivity contribution in [3.8, 4) is 0 Å². The monoisotopic (exact) mass is 319 g/mol. The van der Waals surface area contributed by atoms with Gasteiger partial charge in [-0.05, 0) is 17.0 Å². The van der Waals surface area contributed by atoms with Gasteiger partial charge in [-0.1, -0.05) is 32.0 Å². The van der Waals surface area contributed by atoms with Gasteiger partial charge in [0.05, 0.1) is 6.04 Å². The van der Waals surface area contributed by atoms with Gasteiger partial charge >= 0.3 is 0 Å². The lowest BCUT2D eigenvalue weighted by molar-refractivity contribution is 0.553. The summed E-state index contributed by atoms with van der Waals surface area (Å²) in [6.07, 6.45) is 3.79. The fourth-order valence-corrected chi connectivity index (χ4v) is 5.88. The Labute approximate surface area is 134 Å². The van der Waals surface area contributed by atoms with Crippen LogP contribution in [0, 0.1) is 0 Å². The number of benzene rings is 1. The number of hydrogen-bond donors (Lipinski definition) is 2. The number of nitrogens with one attached hydrogen (secondary N) is 1. The standard InChI is InChI=1S/C16H21N3S2/c1-10-11(2)21-15(9-20-10)16(19-17)13-5-3-4-12-6-7-18-8-14(12)13/h3-8,10-11,15-16,19H,9,17H2,1-2H3. The lowest BCUT2D eigenvalue weighted by atomic mass is 9.99. The van der Waals surface area contributed by atoms with E-state index in [4.69, 9.17) is 5.84 Å². The van der Waals surface area contributed by atoms with Crippen LogP contribution in [-0.4, -0.2) is 26.5 Å². The van der Waals surface area contributed by atoms with Gasteiger partial charge in [-0.3, -0.25) is 16.3 Å². The summed E-state index contributed by atoms with van der Waals surface area (Å²) >= 11 is 4.09. The molecule has 0 amide bonds. The molecule has 3 rings (SSSR count). The molecule has 1 aromatic carbocycles. The lowest BCUT2D eigenvalue weighted by Gasteiger charge is -2.36. The van der Waals surface area contributed by atoms with Crippen molar-refractivity contribution in [2.24, 2.45) is 5.84 Å². The van der Waals surface area contributed by atoms with E-state index < -0.39 is 0 Å². The SMILES string of the molecule is CC1SCC(C(NN)c2cccc3ccncc23)SC1C. The summed E-state index contributed by atoms with van der Waals surface area (Å²) in [4.78, 5) is 4.28. The van der Waals surface area contributed by atoms with E-state index in [2.05, 4.69) is 48.5 Å². The van der Waals surface area contributed by atoms with Crippen molar-refractivity contribution in [1.82, 2.24) is 10.4 Å². The maximum absolute atomic E-state index is 5.91. The van der Waals surface area contributed by atoms with Gasteiger partial charge < -0.3 is 0 Å². The third-order valence-electron chi connectivity index (χ3n) is 4.18. The van der Waals surface area contributed by atoms with Crippen LogP contribution in [0.2, 0.25) is 0 Å². The molecule has 1 aliphatic heterocycles. The van der Waals surface area contributed by atoms with E-state index in [1.54, 1.807) is 0 Å². The average molecular weight is 319 g/mol. The molecule has 1 fully saturated rings. The molecule has 0 spiro atoms. The van der Waals surface area contributed by atoms with Crippen LogP contribution in [0.25, 0.3) is 10.8 Å². The van der Waals surface area contributed by atoms with Gasteiger partial charge in [-0.2, -0.15) is 23.5 Å². The van der Waals surface area contributed by atoms with E-state index in [1.807, 2.05) is 35.9 Å². The Bertz CT molecular complexity index is 614. The molecule has 112 valence electrons. The number of aromatic nitrogens is 1. The summed E-state index contributed by atoms with van der Waals surface area (Å²) in [5.74, 6) is 7.04. The van der Waals surface area contributed by atoms with Gasteiger partial charge in [0, 0.05) is 39.3 Å². The molecular weight excluding hydrogens is 298 g/mol. The highest BCUT2D eigenvalue weighted by Crippen LogP contribution is 2.41. The molecule has 2 heterocycles. The molecule has 2 aromatic rings. The molecule has 3 N–H and O–H groups in total. The van der Waals surface area contributed by atoms with Gasteiger partial charge in [0.1, 0.15) is 0 Å². The quantitative estimate of drug-likeness (QED) is 0.671. The lowest BCUT2D eigenvalue weighted by Crippen LogP contribution is -2.40. The Balaban J connectivity index is 1.95. The van der Waals surface area contributed by atoms with Gasteiger partial charge in [0.25, 0.3) is 0 Å². The first-order valence-corrected chi connectivity index (χ1v) is 9.25. The van der Waals surface area contributed by atoms with E-state index >= 15 is 0 Å². The van der Waals surface area contributed by atoms with E-state index in [1.165, 1.54) is 16.3 Å². The molecule has 0 radical (unpaired) electrons. The Morgan fingerprint density at radius 1 is 1.29 bits per heavy atom. The normalized spacial score (nSPS) is 27.7. The molecule has 0 saturated carbocycles. The largest absolute Gasteiger partial charge is 0.271 e. The summed E-state index contributed by atoms with van der Waals surface area (Å²) in [6.45, 7) is 4.62. The number of fused-ring (bicyclic) bond motifs is 1. The van der Waals surface area contributed by atoms with E-state index in [0.717, 1.165) is 5.75 Å². The molecule has 0 bridgehead atoms. The molecule has 1 aromatic heterocycles. The van der Waals surface area contributed by atoms with Gasteiger partial charge in [0.15, 0.2) is 0 Å². The first kappa shape index (κ1) is 15.2. The number of nitrogens with zero attached hydrogens (tertiary/aromatic N) is 1. The maximum Gasteiger partial charge on any atom is 0.0593 e. The first-order chi connectivity index (χ1) is 10.2. The predicted molar refractivity (Wildman–Crippen MR) is 94.6 cm³/mol. The summed E-state index contributed by atoms with van der Waals surface area (Å²) in [6, 6.07) is 8.61. The van der Waals surface area contributed by atoms with Crippen molar-refractivity contribution in [1.29, 1.82) is 0 Å². The van der Waals surface area contributed by atoms with Crippen LogP contribution in [0.1, 0.15) is 25.5 Å². The van der Waals surface area contributed by atoms with Crippen LogP contribution < -0.4 is 11.3 Å². The molecular formula is C16H21N3S2. The second-order valence-corrected chi connectivity index (χ2v) is 8.54. The van der Waals surface area contributed by atoms with Crippen molar-refractivity contribution in [2.45, 2.75) is 35.6 Å². The minimum absolute atomic E-state index is 0.158. The number of pyridine rings is 1. The second kappa shape index (κ2) is 6.57. The van der Waals surface area contributed by atoms with Crippen LogP contribution >= 0.6 is 23.5 Å². The van der Waals surface area contributed by atoms with Crippen LogP contribution in [0.15, 0.2) is 36.7 Å². The molecule has 1 saturated heterocycles. The number of thioether (sulfide) groups is 2. The molecule has 3 nitrogen and oxygen atoms in total. The fourth-order valence-electron chi connectivity index (χ4n) is 2.79. The zero-order valence-corrected chi connectivity index (χ0v) is 14.0. The molecule has 1 aliphatic rings. The summed E-state index contributed by atoms with van der Waals surface area (Å²) < 4.78 is 0. The maximum atomic E-state index is 5.91. The minimum atomic E-state index is 0.158. The third-order valence-corrected chi connectivity index (χ3v) is 7.67. The smallest absolute Gasteiger partial charge is 0.0593 e. The van der Waals surface area contributed by atoms with Crippen LogP contribution in [0.4, 0.5) is 0 Å². The second-order valence-electron chi connectivity index (χ2n) is 5.51. The minimum Gasteiger partial charge on any atom is -0.271 e. The van der Waals surface area contributed by atoms with Gasteiger partial charge in [-0.15, -0.1) is 0 Å². The average Bonchev–Trinajstić information content (AvgIpc) is 2.52. The first-order valence-electron chi connectivity index (χ1n) is 7.26. The highest BCUT2D eigenvalue weighted by molar-refractivity contribution is 8.07. The Morgan fingerprint density at radius 2 is 2.14 bits per heavy atom. The molecule has 0 aliphatic carbocycles. The number of hydrazine groups is 1. The molecule has 21 heavy (non-hydrogen) atoms. The Hall–Kier alpha value is -0.750. The van der Waals surface area contributed by atoms with Crippen molar-refractivity contribution in [3.05, 3.63) is 42.2 Å². The van der Waals surface area contributed by atoms with Crippen molar-refractivity contribution in [2.75, 3.05) is 5.75 Å².